The number of anilines is 1. The fourth-order valence-electron chi connectivity index (χ4n) is 4.99. The monoisotopic (exact) mass is 651 g/mol. The van der Waals surface area contributed by atoms with Gasteiger partial charge in [-0.1, -0.05) is 95.0 Å². The average Bonchev–Trinajstić information content (AvgIpc) is 3.00. The molecule has 0 radical (unpaired) electrons. The van der Waals surface area contributed by atoms with Crippen LogP contribution in [0.5, 0.6) is 0 Å². The number of hydrogen-bond donors (Lipinski definition) is 1. The summed E-state index contributed by atoms with van der Waals surface area (Å²) in [4.78, 5) is 29.3. The number of amides is 2. The van der Waals surface area contributed by atoms with Gasteiger partial charge in [0.25, 0.3) is 10.0 Å². The summed E-state index contributed by atoms with van der Waals surface area (Å²) in [5.41, 5.74) is 4.39. The van der Waals surface area contributed by atoms with E-state index in [1.807, 2.05) is 50.2 Å². The molecule has 7 nitrogen and oxygen atoms in total. The second kappa shape index (κ2) is 14.3. The summed E-state index contributed by atoms with van der Waals surface area (Å²) in [6.07, 6.45) is 0.210. The van der Waals surface area contributed by atoms with Crippen LogP contribution in [0.3, 0.4) is 0 Å². The summed E-state index contributed by atoms with van der Waals surface area (Å²) in [5, 5.41) is 3.33. The third-order valence-electron chi connectivity index (χ3n) is 7.36. The smallest absolute Gasteiger partial charge is 0.264 e. The number of carbonyl (C=O) groups is 2. The van der Waals surface area contributed by atoms with E-state index in [4.69, 9.17) is 23.2 Å². The SMILES string of the molecule is CNC(=O)[C@@H](Cc1ccccc1)N(Cc1ccc(Cl)c(Cl)c1)C(=O)CN(c1ccc(C)cc1C)S(=O)(=O)c1ccc(C)cc1. The first-order valence-electron chi connectivity index (χ1n) is 14.1. The standard InChI is InChI=1S/C34H35Cl2N3O4S/c1-23-10-14-28(15-11-23)44(42,43)39(31-17-12-24(2)18-25(31)3)22-33(40)38(21-27-13-16-29(35)30(36)19-27)32(34(41)37-4)20-26-8-6-5-7-9-26/h5-19,32H,20-22H2,1-4H3,(H,37,41)/t32-/m1/s1. The predicted molar refractivity (Wildman–Crippen MR) is 177 cm³/mol. The van der Waals surface area contributed by atoms with E-state index in [2.05, 4.69) is 5.32 Å². The zero-order chi connectivity index (χ0) is 32.0. The maximum atomic E-state index is 14.4. The summed E-state index contributed by atoms with van der Waals surface area (Å²) in [6.45, 7) is 5.04. The Morgan fingerprint density at radius 2 is 1.45 bits per heavy atom. The zero-order valence-corrected chi connectivity index (χ0v) is 27.4. The molecule has 0 spiro atoms. The quantitative estimate of drug-likeness (QED) is 0.201. The third kappa shape index (κ3) is 7.80. The molecule has 0 aliphatic rings. The molecule has 10 heteroatoms. The van der Waals surface area contributed by atoms with Crippen LogP contribution in [0.4, 0.5) is 5.69 Å². The lowest BCUT2D eigenvalue weighted by Crippen LogP contribution is -2.53. The van der Waals surface area contributed by atoms with Crippen molar-refractivity contribution in [1.29, 1.82) is 0 Å². The Kier molecular flexibility index (Phi) is 10.7. The molecule has 230 valence electrons. The van der Waals surface area contributed by atoms with Gasteiger partial charge in [-0.3, -0.25) is 13.9 Å². The van der Waals surface area contributed by atoms with E-state index in [-0.39, 0.29) is 23.8 Å². The molecule has 0 saturated carbocycles. The predicted octanol–water partition coefficient (Wildman–Crippen LogP) is 6.50. The van der Waals surface area contributed by atoms with Gasteiger partial charge in [0.05, 0.1) is 20.6 Å². The number of likely N-dealkylation sites (N-methyl/N-ethyl adjacent to an activating group) is 1. The molecule has 0 bridgehead atoms. The number of hydrogen-bond acceptors (Lipinski definition) is 4. The number of nitrogens with zero attached hydrogens (tertiary/aromatic N) is 2. The van der Waals surface area contributed by atoms with Gasteiger partial charge in [0, 0.05) is 20.0 Å². The van der Waals surface area contributed by atoms with Crippen LogP contribution in [0.15, 0.2) is 95.9 Å². The van der Waals surface area contributed by atoms with E-state index in [1.54, 1.807) is 49.4 Å². The Hall–Kier alpha value is -3.85. The van der Waals surface area contributed by atoms with E-state index in [0.29, 0.717) is 26.9 Å². The number of carbonyl (C=O) groups excluding carboxylic acids is 2. The minimum absolute atomic E-state index is 0.00799. The Labute approximate surface area is 269 Å². The fourth-order valence-corrected chi connectivity index (χ4v) is 6.79. The van der Waals surface area contributed by atoms with Gasteiger partial charge in [0.2, 0.25) is 11.8 Å². The van der Waals surface area contributed by atoms with Crippen molar-refractivity contribution in [2.45, 2.75) is 44.7 Å². The Bertz CT molecular complexity index is 1750. The van der Waals surface area contributed by atoms with Crippen molar-refractivity contribution in [2.75, 3.05) is 17.9 Å². The molecule has 1 N–H and O–H groups in total. The highest BCUT2D eigenvalue weighted by molar-refractivity contribution is 7.92. The Balaban J connectivity index is 1.82. The second-order valence-corrected chi connectivity index (χ2v) is 13.4. The lowest BCUT2D eigenvalue weighted by molar-refractivity contribution is -0.139. The minimum Gasteiger partial charge on any atom is -0.357 e. The Morgan fingerprint density at radius 3 is 2.07 bits per heavy atom. The van der Waals surface area contributed by atoms with Crippen LogP contribution in [0, 0.1) is 20.8 Å². The largest absolute Gasteiger partial charge is 0.357 e. The van der Waals surface area contributed by atoms with E-state index in [9.17, 15) is 18.0 Å². The Morgan fingerprint density at radius 1 is 0.795 bits per heavy atom. The molecule has 0 heterocycles. The summed E-state index contributed by atoms with van der Waals surface area (Å²) in [5.74, 6) is -0.946. The molecule has 4 aromatic rings. The van der Waals surface area contributed by atoms with Crippen LogP contribution in [-0.2, 0) is 32.6 Å². The van der Waals surface area contributed by atoms with E-state index in [0.717, 1.165) is 21.0 Å². The minimum atomic E-state index is -4.18. The summed E-state index contributed by atoms with van der Waals surface area (Å²) in [6, 6.07) is 25.2. The molecule has 0 saturated heterocycles. The second-order valence-electron chi connectivity index (χ2n) is 10.7. The molecule has 0 aromatic heterocycles. The first-order chi connectivity index (χ1) is 20.9. The first-order valence-corrected chi connectivity index (χ1v) is 16.3. The highest BCUT2D eigenvalue weighted by Crippen LogP contribution is 2.29. The topological polar surface area (TPSA) is 86.8 Å². The summed E-state index contributed by atoms with van der Waals surface area (Å²) < 4.78 is 29.5. The maximum absolute atomic E-state index is 14.4. The van der Waals surface area contributed by atoms with Gasteiger partial charge < -0.3 is 10.2 Å². The normalized spacial score (nSPS) is 12.0. The number of halogens is 2. The van der Waals surface area contributed by atoms with E-state index < -0.39 is 28.5 Å². The van der Waals surface area contributed by atoms with Gasteiger partial charge >= 0.3 is 0 Å². The van der Waals surface area contributed by atoms with Crippen LogP contribution < -0.4 is 9.62 Å². The van der Waals surface area contributed by atoms with Crippen molar-refractivity contribution >= 4 is 50.7 Å². The van der Waals surface area contributed by atoms with E-state index in [1.165, 1.54) is 24.1 Å². The molecule has 4 rings (SSSR count). The van der Waals surface area contributed by atoms with Gasteiger partial charge in [-0.25, -0.2) is 8.42 Å². The summed E-state index contributed by atoms with van der Waals surface area (Å²) >= 11 is 12.5. The highest BCUT2D eigenvalue weighted by atomic mass is 35.5. The zero-order valence-electron chi connectivity index (χ0n) is 25.1. The number of benzene rings is 4. The van der Waals surface area contributed by atoms with Crippen LogP contribution >= 0.6 is 23.2 Å². The van der Waals surface area contributed by atoms with Crippen molar-refractivity contribution in [1.82, 2.24) is 10.2 Å². The van der Waals surface area contributed by atoms with Crippen molar-refractivity contribution < 1.29 is 18.0 Å². The lowest BCUT2D eigenvalue weighted by Gasteiger charge is -2.34. The van der Waals surface area contributed by atoms with Crippen molar-refractivity contribution in [2.24, 2.45) is 0 Å². The van der Waals surface area contributed by atoms with Gasteiger partial charge in [-0.15, -0.1) is 0 Å². The van der Waals surface area contributed by atoms with Crippen LogP contribution in [-0.4, -0.2) is 44.8 Å². The van der Waals surface area contributed by atoms with Crippen LogP contribution in [0.1, 0.15) is 27.8 Å². The fraction of sp³-hybridized carbons (Fsp3) is 0.235. The van der Waals surface area contributed by atoms with Crippen molar-refractivity contribution in [3.8, 4) is 0 Å². The van der Waals surface area contributed by atoms with Gasteiger partial charge in [-0.2, -0.15) is 0 Å². The first kappa shape index (κ1) is 33.1. The molecule has 44 heavy (non-hydrogen) atoms. The summed E-state index contributed by atoms with van der Waals surface area (Å²) in [7, 11) is -2.68. The van der Waals surface area contributed by atoms with Gasteiger partial charge in [-0.05, 0) is 67.8 Å². The molecule has 0 fully saturated rings. The van der Waals surface area contributed by atoms with Gasteiger partial charge in [0.15, 0.2) is 0 Å². The molecule has 1 atom stereocenters. The van der Waals surface area contributed by atoms with E-state index >= 15 is 0 Å². The molecule has 0 aliphatic heterocycles. The van der Waals surface area contributed by atoms with Crippen molar-refractivity contribution in [3.63, 3.8) is 0 Å². The lowest BCUT2D eigenvalue weighted by atomic mass is 10.0. The highest BCUT2D eigenvalue weighted by Gasteiger charge is 2.34. The molecule has 2 amide bonds. The third-order valence-corrected chi connectivity index (χ3v) is 9.88. The number of nitrogens with one attached hydrogen (secondary N) is 1. The van der Waals surface area contributed by atoms with Crippen molar-refractivity contribution in [3.05, 3.63) is 129 Å². The molecule has 0 unspecified atom stereocenters. The van der Waals surface area contributed by atoms with Gasteiger partial charge in [0.1, 0.15) is 12.6 Å². The number of sulfonamides is 1. The maximum Gasteiger partial charge on any atom is 0.264 e. The van der Waals surface area contributed by atoms with Crippen LogP contribution in [0.25, 0.3) is 0 Å². The average molecular weight is 653 g/mol. The van der Waals surface area contributed by atoms with Crippen LogP contribution in [0.2, 0.25) is 10.0 Å². The molecular weight excluding hydrogens is 617 g/mol. The molecular formula is C34H35Cl2N3O4S. The molecule has 4 aromatic carbocycles. The number of rotatable bonds is 11. The molecule has 0 aliphatic carbocycles. The number of aryl methyl sites for hydroxylation is 3.